The van der Waals surface area contributed by atoms with Gasteiger partial charge < -0.3 is 14.8 Å². The Morgan fingerprint density at radius 1 is 1.04 bits per heavy atom. The van der Waals surface area contributed by atoms with E-state index in [2.05, 4.69) is 51.2 Å². The first-order chi connectivity index (χ1) is 13.8. The van der Waals surface area contributed by atoms with Crippen LogP contribution in [0.1, 0.15) is 49.9 Å². The van der Waals surface area contributed by atoms with E-state index < -0.39 is 0 Å². The molecule has 0 radical (unpaired) electrons. The zero-order chi connectivity index (χ0) is 18.5. The number of nitrogens with zero attached hydrogens (tertiary/aromatic N) is 3. The van der Waals surface area contributed by atoms with Crippen molar-refractivity contribution in [3.05, 3.63) is 42.2 Å². The summed E-state index contributed by atoms with van der Waals surface area (Å²) in [6.07, 6.45) is 11.6. The standard InChI is InChI=1S/C24H32N4/c1-2-4-23-22(3-1)26-24(19-7-10-25-15-19)28(23)21-8-11-27(12-9-21)16-20-14-17-5-6-18(20)13-17/h1-6,17-21,25H,7-16H2/t17-,18-,19+,20?/m0/s1. The summed E-state index contributed by atoms with van der Waals surface area (Å²) in [7, 11) is 0. The topological polar surface area (TPSA) is 33.1 Å². The molecule has 1 aromatic carbocycles. The first-order valence-corrected chi connectivity index (χ1v) is 11.4. The van der Waals surface area contributed by atoms with Crippen molar-refractivity contribution in [1.29, 1.82) is 0 Å². The minimum Gasteiger partial charge on any atom is -0.324 e. The number of nitrogens with one attached hydrogen (secondary N) is 1. The van der Waals surface area contributed by atoms with Gasteiger partial charge in [0.1, 0.15) is 5.82 Å². The van der Waals surface area contributed by atoms with Crippen molar-refractivity contribution in [2.45, 2.75) is 44.1 Å². The van der Waals surface area contributed by atoms with E-state index in [9.17, 15) is 0 Å². The SMILES string of the molecule is C1=C[C@H]2C[C@H]1CC2CN1CCC(n2c([C@@H]3CCNC3)nc3ccccc32)CC1. The van der Waals surface area contributed by atoms with Crippen LogP contribution in [-0.2, 0) is 0 Å². The van der Waals surface area contributed by atoms with Gasteiger partial charge in [-0.1, -0.05) is 24.3 Å². The molecule has 1 saturated carbocycles. The number of piperidine rings is 1. The highest BCUT2D eigenvalue weighted by Crippen LogP contribution is 2.44. The molecule has 3 heterocycles. The van der Waals surface area contributed by atoms with Gasteiger partial charge in [0.15, 0.2) is 0 Å². The van der Waals surface area contributed by atoms with Gasteiger partial charge in [0.05, 0.1) is 11.0 Å². The molecule has 0 amide bonds. The molecule has 2 aromatic rings. The third kappa shape index (κ3) is 2.93. The lowest BCUT2D eigenvalue weighted by Crippen LogP contribution is -2.39. The number of allylic oxidation sites excluding steroid dienone is 2. The Morgan fingerprint density at radius 3 is 2.68 bits per heavy atom. The lowest BCUT2D eigenvalue weighted by Gasteiger charge is -2.36. The van der Waals surface area contributed by atoms with E-state index in [4.69, 9.17) is 4.98 Å². The Morgan fingerprint density at radius 2 is 1.93 bits per heavy atom. The molecule has 148 valence electrons. The molecular formula is C24H32N4. The van der Waals surface area contributed by atoms with Crippen LogP contribution in [0.5, 0.6) is 0 Å². The summed E-state index contributed by atoms with van der Waals surface area (Å²) in [4.78, 5) is 7.86. The Bertz CT molecular complexity index is 870. The lowest BCUT2D eigenvalue weighted by molar-refractivity contribution is 0.154. The summed E-state index contributed by atoms with van der Waals surface area (Å²) >= 11 is 0. The fourth-order valence-corrected chi connectivity index (χ4v) is 6.41. The molecule has 28 heavy (non-hydrogen) atoms. The van der Waals surface area contributed by atoms with Gasteiger partial charge >= 0.3 is 0 Å². The maximum Gasteiger partial charge on any atom is 0.114 e. The van der Waals surface area contributed by atoms with Crippen LogP contribution in [0.15, 0.2) is 36.4 Å². The second kappa shape index (κ2) is 7.00. The van der Waals surface area contributed by atoms with Crippen molar-refractivity contribution in [2.24, 2.45) is 17.8 Å². The molecule has 3 fully saturated rings. The second-order valence-electron chi connectivity index (χ2n) is 9.59. The summed E-state index contributed by atoms with van der Waals surface area (Å²) in [6, 6.07) is 9.38. The van der Waals surface area contributed by atoms with Gasteiger partial charge in [0, 0.05) is 38.1 Å². The van der Waals surface area contributed by atoms with Gasteiger partial charge in [-0.3, -0.25) is 0 Å². The summed E-state index contributed by atoms with van der Waals surface area (Å²) < 4.78 is 2.63. The maximum atomic E-state index is 5.10. The van der Waals surface area contributed by atoms with E-state index in [0.29, 0.717) is 12.0 Å². The first kappa shape index (κ1) is 17.2. The van der Waals surface area contributed by atoms with Crippen LogP contribution in [0.25, 0.3) is 11.0 Å². The van der Waals surface area contributed by atoms with Crippen molar-refractivity contribution >= 4 is 11.0 Å². The number of imidazole rings is 1. The Kier molecular flexibility index (Phi) is 4.31. The molecule has 2 bridgehead atoms. The number of likely N-dealkylation sites (tertiary alicyclic amines) is 1. The predicted octanol–water partition coefficient (Wildman–Crippen LogP) is 3.96. The number of rotatable bonds is 4. The molecule has 2 aliphatic carbocycles. The Hall–Kier alpha value is -1.65. The van der Waals surface area contributed by atoms with Crippen molar-refractivity contribution in [1.82, 2.24) is 19.8 Å². The van der Waals surface area contributed by atoms with E-state index in [0.717, 1.165) is 30.8 Å². The minimum atomic E-state index is 0.575. The van der Waals surface area contributed by atoms with Gasteiger partial charge in [-0.2, -0.15) is 0 Å². The fraction of sp³-hybridized carbons (Fsp3) is 0.625. The molecule has 0 spiro atoms. The van der Waals surface area contributed by atoms with Crippen molar-refractivity contribution in [3.63, 3.8) is 0 Å². The molecule has 1 N–H and O–H groups in total. The van der Waals surface area contributed by atoms with Gasteiger partial charge in [0.2, 0.25) is 0 Å². The molecule has 1 unspecified atom stereocenters. The zero-order valence-corrected chi connectivity index (χ0v) is 16.8. The quantitative estimate of drug-likeness (QED) is 0.820. The zero-order valence-electron chi connectivity index (χ0n) is 16.8. The third-order valence-electron chi connectivity index (χ3n) is 7.88. The number of hydrogen-bond donors (Lipinski definition) is 1. The fourth-order valence-electron chi connectivity index (χ4n) is 6.41. The molecular weight excluding hydrogens is 344 g/mol. The van der Waals surface area contributed by atoms with Crippen LogP contribution in [0.4, 0.5) is 0 Å². The first-order valence-electron chi connectivity index (χ1n) is 11.4. The van der Waals surface area contributed by atoms with Gasteiger partial charge in [-0.25, -0.2) is 4.98 Å². The van der Waals surface area contributed by atoms with Crippen molar-refractivity contribution in [3.8, 4) is 0 Å². The number of fused-ring (bicyclic) bond motifs is 3. The van der Waals surface area contributed by atoms with E-state index >= 15 is 0 Å². The van der Waals surface area contributed by atoms with Crippen LogP contribution < -0.4 is 5.32 Å². The summed E-state index contributed by atoms with van der Waals surface area (Å²) in [5.74, 6) is 4.60. The highest BCUT2D eigenvalue weighted by atomic mass is 15.2. The maximum absolute atomic E-state index is 5.10. The second-order valence-corrected chi connectivity index (χ2v) is 9.59. The molecule has 2 saturated heterocycles. The summed E-state index contributed by atoms with van der Waals surface area (Å²) in [5, 5.41) is 3.54. The van der Waals surface area contributed by atoms with E-state index in [1.165, 1.54) is 68.6 Å². The number of hydrogen-bond acceptors (Lipinski definition) is 3. The monoisotopic (exact) mass is 376 g/mol. The molecule has 6 rings (SSSR count). The largest absolute Gasteiger partial charge is 0.324 e. The Balaban J connectivity index is 1.20. The molecule has 2 aliphatic heterocycles. The van der Waals surface area contributed by atoms with Crippen LogP contribution in [0.3, 0.4) is 0 Å². The van der Waals surface area contributed by atoms with Gasteiger partial charge in [-0.05, 0) is 68.5 Å². The molecule has 4 nitrogen and oxygen atoms in total. The van der Waals surface area contributed by atoms with Crippen molar-refractivity contribution in [2.75, 3.05) is 32.7 Å². The summed E-state index contributed by atoms with van der Waals surface area (Å²) in [6.45, 7) is 6.03. The van der Waals surface area contributed by atoms with Crippen LogP contribution in [-0.4, -0.2) is 47.2 Å². The third-order valence-corrected chi connectivity index (χ3v) is 7.88. The summed E-state index contributed by atoms with van der Waals surface area (Å²) in [5.41, 5.74) is 2.53. The molecule has 1 aromatic heterocycles. The molecule has 4 heteroatoms. The minimum absolute atomic E-state index is 0.575. The van der Waals surface area contributed by atoms with Crippen LogP contribution in [0, 0.1) is 17.8 Å². The van der Waals surface area contributed by atoms with Gasteiger partial charge in [-0.15, -0.1) is 0 Å². The van der Waals surface area contributed by atoms with Crippen LogP contribution >= 0.6 is 0 Å². The normalized spacial score (nSPS) is 33.4. The predicted molar refractivity (Wildman–Crippen MR) is 114 cm³/mol. The molecule has 4 atom stereocenters. The van der Waals surface area contributed by atoms with E-state index in [1.54, 1.807) is 0 Å². The number of benzene rings is 1. The molecule has 4 aliphatic rings. The number of aromatic nitrogens is 2. The van der Waals surface area contributed by atoms with Gasteiger partial charge in [0.25, 0.3) is 0 Å². The Labute approximate surface area is 168 Å². The van der Waals surface area contributed by atoms with E-state index in [-0.39, 0.29) is 0 Å². The smallest absolute Gasteiger partial charge is 0.114 e. The van der Waals surface area contributed by atoms with Crippen LogP contribution in [0.2, 0.25) is 0 Å². The number of para-hydroxylation sites is 2. The lowest BCUT2D eigenvalue weighted by atomic mass is 9.92. The highest BCUT2D eigenvalue weighted by molar-refractivity contribution is 5.76. The van der Waals surface area contributed by atoms with E-state index in [1.807, 2.05) is 0 Å². The average molecular weight is 377 g/mol. The average Bonchev–Trinajstić information content (AvgIpc) is 3.51. The van der Waals surface area contributed by atoms with Crippen molar-refractivity contribution < 1.29 is 0 Å². The highest BCUT2D eigenvalue weighted by Gasteiger charge is 2.37.